The minimum Gasteiger partial charge on any atom is -0.497 e. The second kappa shape index (κ2) is 6.81. The van der Waals surface area contributed by atoms with Gasteiger partial charge in [0.1, 0.15) is 12.0 Å². The molecular weight excluding hydrogens is 276 g/mol. The van der Waals surface area contributed by atoms with Crippen molar-refractivity contribution in [2.75, 3.05) is 12.4 Å². The lowest BCUT2D eigenvalue weighted by atomic mass is 10.2. The fraction of sp³-hybridized carbons (Fsp3) is 0.214. The molecule has 20 heavy (non-hydrogen) atoms. The van der Waals surface area contributed by atoms with Gasteiger partial charge in [0.15, 0.2) is 5.13 Å². The number of aldehydes is 1. The highest BCUT2D eigenvalue weighted by Gasteiger charge is 2.08. The Bertz CT molecular complexity index is 593. The Balaban J connectivity index is 2.04. The molecule has 5 nitrogen and oxygen atoms in total. The molecule has 0 aliphatic heterocycles. The number of nitrogens with one attached hydrogen (secondary N) is 1. The zero-order valence-corrected chi connectivity index (χ0v) is 11.8. The van der Waals surface area contributed by atoms with E-state index in [1.165, 1.54) is 11.3 Å². The van der Waals surface area contributed by atoms with Gasteiger partial charge >= 0.3 is 0 Å². The molecule has 0 radical (unpaired) electrons. The summed E-state index contributed by atoms with van der Waals surface area (Å²) in [5, 5.41) is 5.08. The first-order valence-electron chi connectivity index (χ1n) is 6.06. The first-order chi connectivity index (χ1) is 9.72. The number of rotatable bonds is 6. The number of aromatic nitrogens is 1. The second-order valence-electron chi connectivity index (χ2n) is 4.02. The van der Waals surface area contributed by atoms with Gasteiger partial charge < -0.3 is 14.8 Å². The number of nitrogens with zero attached hydrogens (tertiary/aromatic N) is 1. The smallest absolute Gasteiger partial charge is 0.226 e. The van der Waals surface area contributed by atoms with Crippen LogP contribution in [-0.4, -0.2) is 24.3 Å². The van der Waals surface area contributed by atoms with Gasteiger partial charge in [0, 0.05) is 23.8 Å². The Morgan fingerprint density at radius 1 is 1.40 bits per heavy atom. The Kier molecular flexibility index (Phi) is 4.84. The van der Waals surface area contributed by atoms with Crippen molar-refractivity contribution in [3.8, 4) is 17.0 Å². The number of anilines is 1. The van der Waals surface area contributed by atoms with Gasteiger partial charge in [0.25, 0.3) is 0 Å². The summed E-state index contributed by atoms with van der Waals surface area (Å²) in [4.78, 5) is 26.0. The molecule has 1 aromatic carbocycles. The van der Waals surface area contributed by atoms with Crippen molar-refractivity contribution in [1.82, 2.24) is 4.98 Å². The van der Waals surface area contributed by atoms with E-state index in [-0.39, 0.29) is 18.7 Å². The number of thiazole rings is 1. The molecule has 0 aliphatic rings. The van der Waals surface area contributed by atoms with Crippen LogP contribution in [0.1, 0.15) is 12.8 Å². The summed E-state index contributed by atoms with van der Waals surface area (Å²) in [5.41, 5.74) is 1.75. The molecule has 0 aliphatic carbocycles. The van der Waals surface area contributed by atoms with Crippen LogP contribution >= 0.6 is 11.3 Å². The van der Waals surface area contributed by atoms with Gasteiger partial charge in [-0.25, -0.2) is 4.98 Å². The summed E-state index contributed by atoms with van der Waals surface area (Å²) in [5.74, 6) is 0.582. The van der Waals surface area contributed by atoms with Crippen LogP contribution in [0.5, 0.6) is 5.75 Å². The molecule has 0 saturated carbocycles. The maximum Gasteiger partial charge on any atom is 0.226 e. The summed E-state index contributed by atoms with van der Waals surface area (Å²) in [6, 6.07) is 7.53. The van der Waals surface area contributed by atoms with E-state index >= 15 is 0 Å². The van der Waals surface area contributed by atoms with Crippen molar-refractivity contribution in [3.63, 3.8) is 0 Å². The van der Waals surface area contributed by atoms with E-state index in [1.807, 2.05) is 29.6 Å². The van der Waals surface area contributed by atoms with Crippen LogP contribution in [0.3, 0.4) is 0 Å². The van der Waals surface area contributed by atoms with E-state index < -0.39 is 0 Å². The van der Waals surface area contributed by atoms with Gasteiger partial charge in [-0.2, -0.15) is 0 Å². The molecule has 0 unspecified atom stereocenters. The van der Waals surface area contributed by atoms with E-state index in [9.17, 15) is 9.59 Å². The number of hydrogen-bond acceptors (Lipinski definition) is 5. The minimum absolute atomic E-state index is 0.181. The number of benzene rings is 1. The Hall–Kier alpha value is -2.21. The van der Waals surface area contributed by atoms with Gasteiger partial charge in [-0.3, -0.25) is 4.79 Å². The maximum atomic E-state index is 11.5. The van der Waals surface area contributed by atoms with Crippen LogP contribution in [0.15, 0.2) is 29.6 Å². The first kappa shape index (κ1) is 14.2. The third-order valence-electron chi connectivity index (χ3n) is 2.63. The average Bonchev–Trinajstić information content (AvgIpc) is 2.93. The topological polar surface area (TPSA) is 68.3 Å². The molecule has 2 rings (SSSR count). The fourth-order valence-corrected chi connectivity index (χ4v) is 2.33. The predicted molar refractivity (Wildman–Crippen MR) is 78.0 cm³/mol. The second-order valence-corrected chi connectivity index (χ2v) is 4.88. The summed E-state index contributed by atoms with van der Waals surface area (Å²) < 4.78 is 5.10. The maximum absolute atomic E-state index is 11.5. The number of carbonyl (C=O) groups excluding carboxylic acids is 2. The van der Waals surface area contributed by atoms with Crippen LogP contribution in [0, 0.1) is 0 Å². The van der Waals surface area contributed by atoms with Gasteiger partial charge in [-0.05, 0) is 24.3 Å². The molecular formula is C14H14N2O3S. The zero-order chi connectivity index (χ0) is 14.4. The highest BCUT2D eigenvalue weighted by molar-refractivity contribution is 7.14. The Morgan fingerprint density at radius 2 is 2.15 bits per heavy atom. The van der Waals surface area contributed by atoms with Crippen molar-refractivity contribution in [1.29, 1.82) is 0 Å². The number of hydrogen-bond donors (Lipinski definition) is 1. The monoisotopic (exact) mass is 290 g/mol. The molecule has 104 valence electrons. The summed E-state index contributed by atoms with van der Waals surface area (Å²) >= 11 is 1.35. The third kappa shape index (κ3) is 3.64. The summed E-state index contributed by atoms with van der Waals surface area (Å²) in [6.07, 6.45) is 1.13. The SMILES string of the molecule is COc1ccc(-c2csc(NC(=O)CCC=O)n2)cc1. The molecule has 1 amide bonds. The van der Waals surface area contributed by atoms with E-state index in [4.69, 9.17) is 4.74 Å². The lowest BCUT2D eigenvalue weighted by Crippen LogP contribution is -2.10. The number of carbonyl (C=O) groups is 2. The number of amides is 1. The molecule has 0 atom stereocenters. The van der Waals surface area contributed by atoms with E-state index in [2.05, 4.69) is 10.3 Å². The normalized spacial score (nSPS) is 10.1. The largest absolute Gasteiger partial charge is 0.497 e. The molecule has 0 bridgehead atoms. The van der Waals surface area contributed by atoms with Gasteiger partial charge in [0.05, 0.1) is 12.8 Å². The van der Waals surface area contributed by atoms with Crippen molar-refractivity contribution in [2.24, 2.45) is 0 Å². The molecule has 1 heterocycles. The number of methoxy groups -OCH3 is 1. The van der Waals surface area contributed by atoms with Crippen molar-refractivity contribution < 1.29 is 14.3 Å². The van der Waals surface area contributed by atoms with E-state index in [0.29, 0.717) is 5.13 Å². The van der Waals surface area contributed by atoms with E-state index in [0.717, 1.165) is 23.3 Å². The van der Waals surface area contributed by atoms with Crippen LogP contribution in [0.2, 0.25) is 0 Å². The third-order valence-corrected chi connectivity index (χ3v) is 3.38. The molecule has 1 N–H and O–H groups in total. The van der Waals surface area contributed by atoms with Crippen LogP contribution in [0.4, 0.5) is 5.13 Å². The highest BCUT2D eigenvalue weighted by Crippen LogP contribution is 2.26. The van der Waals surface area contributed by atoms with Gasteiger partial charge in [-0.1, -0.05) is 0 Å². The summed E-state index contributed by atoms with van der Waals surface area (Å²) in [7, 11) is 1.62. The van der Waals surface area contributed by atoms with Crippen molar-refractivity contribution >= 4 is 28.7 Å². The van der Waals surface area contributed by atoms with Crippen molar-refractivity contribution in [2.45, 2.75) is 12.8 Å². The van der Waals surface area contributed by atoms with E-state index in [1.54, 1.807) is 7.11 Å². The van der Waals surface area contributed by atoms with Crippen LogP contribution in [0.25, 0.3) is 11.3 Å². The van der Waals surface area contributed by atoms with Gasteiger partial charge in [0.2, 0.25) is 5.91 Å². The Morgan fingerprint density at radius 3 is 2.80 bits per heavy atom. The molecule has 6 heteroatoms. The van der Waals surface area contributed by atoms with Crippen LogP contribution < -0.4 is 10.1 Å². The first-order valence-corrected chi connectivity index (χ1v) is 6.94. The number of ether oxygens (including phenoxy) is 1. The predicted octanol–water partition coefficient (Wildman–Crippen LogP) is 2.74. The molecule has 0 saturated heterocycles. The molecule has 2 aromatic rings. The van der Waals surface area contributed by atoms with Crippen LogP contribution in [-0.2, 0) is 9.59 Å². The quantitative estimate of drug-likeness (QED) is 0.831. The van der Waals surface area contributed by atoms with Crippen molar-refractivity contribution in [3.05, 3.63) is 29.6 Å². The molecule has 1 aromatic heterocycles. The summed E-state index contributed by atoms with van der Waals surface area (Å²) in [6.45, 7) is 0. The molecule has 0 spiro atoms. The lowest BCUT2D eigenvalue weighted by Gasteiger charge is -2.01. The average molecular weight is 290 g/mol. The minimum atomic E-state index is -0.201. The zero-order valence-electron chi connectivity index (χ0n) is 11.0. The lowest BCUT2D eigenvalue weighted by molar-refractivity contribution is -0.118. The standard InChI is InChI=1S/C14H14N2O3S/c1-19-11-6-4-10(5-7-11)12-9-20-14(15-12)16-13(18)3-2-8-17/h4-9H,2-3H2,1H3,(H,15,16,18). The highest BCUT2D eigenvalue weighted by atomic mass is 32.1. The Labute approximate surface area is 120 Å². The fourth-order valence-electron chi connectivity index (χ4n) is 1.60. The van der Waals surface area contributed by atoms with Gasteiger partial charge in [-0.15, -0.1) is 11.3 Å². The molecule has 0 fully saturated rings.